The summed E-state index contributed by atoms with van der Waals surface area (Å²) in [6.45, 7) is 2.07. The summed E-state index contributed by atoms with van der Waals surface area (Å²) in [6.07, 6.45) is 0. The van der Waals surface area contributed by atoms with Crippen LogP contribution in [-0.4, -0.2) is 40.6 Å². The van der Waals surface area contributed by atoms with E-state index in [1.165, 1.54) is 0 Å². The Kier molecular flexibility index (Phi) is 5.07. The minimum absolute atomic E-state index is 0.0125. The van der Waals surface area contributed by atoms with Gasteiger partial charge in [0.25, 0.3) is 0 Å². The standard InChI is InChI=1S/C22H24N2O6/c1-5-27-22(25)19-18(12-8-16(26-4)20-17(9-12)28-11-29-20)14-7-6-13(24(2)3)10-15(14)30-21(19)23/h6-10,18H,5,11,23H2,1-4H3. The number of methoxy groups -OCH3 is 1. The first-order valence-electron chi connectivity index (χ1n) is 9.58. The van der Waals surface area contributed by atoms with Crippen molar-refractivity contribution in [3.63, 3.8) is 0 Å². The highest BCUT2D eigenvalue weighted by Gasteiger charge is 2.37. The van der Waals surface area contributed by atoms with E-state index in [9.17, 15) is 4.79 Å². The molecule has 0 fully saturated rings. The largest absolute Gasteiger partial charge is 0.493 e. The van der Waals surface area contributed by atoms with Gasteiger partial charge in [-0.3, -0.25) is 0 Å². The van der Waals surface area contributed by atoms with Crippen LogP contribution in [0, 0.1) is 0 Å². The summed E-state index contributed by atoms with van der Waals surface area (Å²) < 4.78 is 27.7. The van der Waals surface area contributed by atoms with Crippen molar-refractivity contribution in [1.82, 2.24) is 0 Å². The van der Waals surface area contributed by atoms with E-state index in [1.54, 1.807) is 14.0 Å². The molecule has 4 rings (SSSR count). The fraction of sp³-hybridized carbons (Fsp3) is 0.318. The second-order valence-corrected chi connectivity index (χ2v) is 7.11. The third kappa shape index (κ3) is 3.24. The van der Waals surface area contributed by atoms with E-state index in [1.807, 2.05) is 49.3 Å². The second kappa shape index (κ2) is 7.70. The van der Waals surface area contributed by atoms with E-state index in [0.29, 0.717) is 23.0 Å². The highest BCUT2D eigenvalue weighted by Crippen LogP contribution is 2.49. The molecule has 0 bridgehead atoms. The molecule has 0 spiro atoms. The number of carbonyl (C=O) groups is 1. The third-order valence-corrected chi connectivity index (χ3v) is 5.11. The van der Waals surface area contributed by atoms with Gasteiger partial charge in [-0.15, -0.1) is 0 Å². The van der Waals surface area contributed by atoms with Crippen molar-refractivity contribution in [2.45, 2.75) is 12.8 Å². The van der Waals surface area contributed by atoms with Crippen LogP contribution in [-0.2, 0) is 9.53 Å². The Morgan fingerprint density at radius 3 is 2.70 bits per heavy atom. The van der Waals surface area contributed by atoms with Crippen LogP contribution in [0.5, 0.6) is 23.0 Å². The molecule has 0 radical (unpaired) electrons. The normalized spacial score (nSPS) is 16.6. The molecule has 2 N–H and O–H groups in total. The molecule has 158 valence electrons. The SMILES string of the molecule is CCOC(=O)C1=C(N)Oc2cc(N(C)C)ccc2C1c1cc(OC)c2c(c1)OCO2. The van der Waals surface area contributed by atoms with E-state index in [4.69, 9.17) is 29.4 Å². The van der Waals surface area contributed by atoms with Crippen LogP contribution in [0.1, 0.15) is 24.0 Å². The van der Waals surface area contributed by atoms with E-state index in [-0.39, 0.29) is 24.9 Å². The summed E-state index contributed by atoms with van der Waals surface area (Å²) in [5.74, 6) is 1.13. The van der Waals surface area contributed by atoms with Crippen LogP contribution in [0.3, 0.4) is 0 Å². The first-order chi connectivity index (χ1) is 14.4. The van der Waals surface area contributed by atoms with E-state index < -0.39 is 11.9 Å². The molecule has 8 heteroatoms. The van der Waals surface area contributed by atoms with Crippen molar-refractivity contribution < 1.29 is 28.5 Å². The minimum Gasteiger partial charge on any atom is -0.493 e. The van der Waals surface area contributed by atoms with Gasteiger partial charge in [-0.2, -0.15) is 0 Å². The predicted molar refractivity (Wildman–Crippen MR) is 110 cm³/mol. The van der Waals surface area contributed by atoms with Gasteiger partial charge in [0.2, 0.25) is 18.4 Å². The number of rotatable bonds is 5. The summed E-state index contributed by atoms with van der Waals surface area (Å²) in [5.41, 5.74) is 8.95. The maximum Gasteiger partial charge on any atom is 0.340 e. The lowest BCUT2D eigenvalue weighted by molar-refractivity contribution is -0.139. The van der Waals surface area contributed by atoms with Crippen molar-refractivity contribution >= 4 is 11.7 Å². The Labute approximate surface area is 174 Å². The highest BCUT2D eigenvalue weighted by molar-refractivity contribution is 5.93. The molecule has 2 aliphatic heterocycles. The topological polar surface area (TPSA) is 92.5 Å². The number of ether oxygens (including phenoxy) is 5. The minimum atomic E-state index is -0.529. The number of carbonyl (C=O) groups excluding carboxylic acids is 1. The number of anilines is 1. The van der Waals surface area contributed by atoms with Crippen molar-refractivity contribution in [2.75, 3.05) is 39.5 Å². The van der Waals surface area contributed by atoms with Gasteiger partial charge in [0.1, 0.15) is 11.3 Å². The smallest absolute Gasteiger partial charge is 0.340 e. The predicted octanol–water partition coefficient (Wildman–Crippen LogP) is 2.75. The van der Waals surface area contributed by atoms with Gasteiger partial charge < -0.3 is 34.3 Å². The molecule has 1 unspecified atom stereocenters. The summed E-state index contributed by atoms with van der Waals surface area (Å²) in [7, 11) is 5.43. The first-order valence-corrected chi connectivity index (χ1v) is 9.58. The number of nitrogens with two attached hydrogens (primary N) is 1. The fourth-order valence-corrected chi connectivity index (χ4v) is 3.69. The lowest BCUT2D eigenvalue weighted by Crippen LogP contribution is -2.27. The van der Waals surface area contributed by atoms with Crippen LogP contribution in [0.15, 0.2) is 41.8 Å². The Hall–Kier alpha value is -3.55. The van der Waals surface area contributed by atoms with Gasteiger partial charge >= 0.3 is 5.97 Å². The molecule has 0 aromatic heterocycles. The highest BCUT2D eigenvalue weighted by atomic mass is 16.7. The monoisotopic (exact) mass is 412 g/mol. The molecule has 0 aliphatic carbocycles. The third-order valence-electron chi connectivity index (χ3n) is 5.11. The number of hydrogen-bond donors (Lipinski definition) is 1. The molecule has 0 amide bonds. The van der Waals surface area contributed by atoms with E-state index in [2.05, 4.69) is 0 Å². The average Bonchev–Trinajstić information content (AvgIpc) is 3.20. The lowest BCUT2D eigenvalue weighted by atomic mass is 9.82. The summed E-state index contributed by atoms with van der Waals surface area (Å²) >= 11 is 0. The Bertz CT molecular complexity index is 1030. The molecular formula is C22H24N2O6. The van der Waals surface area contributed by atoms with Crippen LogP contribution in [0.2, 0.25) is 0 Å². The van der Waals surface area contributed by atoms with Gasteiger partial charge in [0.05, 0.1) is 19.6 Å². The van der Waals surface area contributed by atoms with Gasteiger partial charge in [-0.25, -0.2) is 4.79 Å². The van der Waals surface area contributed by atoms with Gasteiger partial charge in [-0.1, -0.05) is 6.07 Å². The number of fused-ring (bicyclic) bond motifs is 2. The Morgan fingerprint density at radius 2 is 2.00 bits per heavy atom. The summed E-state index contributed by atoms with van der Waals surface area (Å²) in [4.78, 5) is 14.8. The molecule has 2 aromatic rings. The molecule has 1 atom stereocenters. The second-order valence-electron chi connectivity index (χ2n) is 7.11. The maximum atomic E-state index is 12.8. The van der Waals surface area contributed by atoms with Crippen LogP contribution < -0.4 is 29.6 Å². The zero-order chi connectivity index (χ0) is 21.4. The van der Waals surface area contributed by atoms with Gasteiger partial charge in [-0.05, 0) is 30.7 Å². The lowest BCUT2D eigenvalue weighted by Gasteiger charge is -2.29. The van der Waals surface area contributed by atoms with Crippen LogP contribution in [0.4, 0.5) is 5.69 Å². The van der Waals surface area contributed by atoms with Crippen molar-refractivity contribution in [2.24, 2.45) is 5.73 Å². The quantitative estimate of drug-likeness (QED) is 0.750. The molecule has 2 aromatic carbocycles. The fourth-order valence-electron chi connectivity index (χ4n) is 3.69. The molecule has 0 saturated heterocycles. The number of esters is 1. The van der Waals surface area contributed by atoms with Crippen molar-refractivity contribution in [3.8, 4) is 23.0 Å². The Morgan fingerprint density at radius 1 is 1.20 bits per heavy atom. The number of nitrogens with zero attached hydrogens (tertiary/aromatic N) is 1. The van der Waals surface area contributed by atoms with Gasteiger partial charge in [0, 0.05) is 31.4 Å². The molecule has 0 saturated carbocycles. The molecule has 8 nitrogen and oxygen atoms in total. The van der Waals surface area contributed by atoms with Crippen LogP contribution >= 0.6 is 0 Å². The molecule has 2 heterocycles. The van der Waals surface area contributed by atoms with Crippen molar-refractivity contribution in [1.29, 1.82) is 0 Å². The van der Waals surface area contributed by atoms with E-state index >= 15 is 0 Å². The summed E-state index contributed by atoms with van der Waals surface area (Å²) in [6, 6.07) is 9.43. The molecule has 30 heavy (non-hydrogen) atoms. The van der Waals surface area contributed by atoms with Gasteiger partial charge in [0.15, 0.2) is 11.5 Å². The zero-order valence-electron chi connectivity index (χ0n) is 17.4. The summed E-state index contributed by atoms with van der Waals surface area (Å²) in [5, 5.41) is 0. The number of hydrogen-bond acceptors (Lipinski definition) is 8. The Balaban J connectivity index is 1.91. The average molecular weight is 412 g/mol. The zero-order valence-corrected chi connectivity index (χ0v) is 17.4. The maximum absolute atomic E-state index is 12.8. The van der Waals surface area contributed by atoms with Crippen molar-refractivity contribution in [3.05, 3.63) is 52.9 Å². The number of benzene rings is 2. The van der Waals surface area contributed by atoms with E-state index in [0.717, 1.165) is 16.8 Å². The molecular weight excluding hydrogens is 388 g/mol. The first kappa shape index (κ1) is 19.8. The van der Waals surface area contributed by atoms with Crippen LogP contribution in [0.25, 0.3) is 0 Å². The molecule has 2 aliphatic rings.